The lowest BCUT2D eigenvalue weighted by atomic mass is 10.1. The van der Waals surface area contributed by atoms with Crippen molar-refractivity contribution in [3.05, 3.63) is 35.0 Å². The highest BCUT2D eigenvalue weighted by molar-refractivity contribution is 6.31. The van der Waals surface area contributed by atoms with Crippen LogP contribution in [0.5, 0.6) is 0 Å². The lowest BCUT2D eigenvalue weighted by molar-refractivity contribution is 0.584. The predicted octanol–water partition coefficient (Wildman–Crippen LogP) is 3.12. The first-order valence-corrected chi connectivity index (χ1v) is 7.02. The van der Waals surface area contributed by atoms with E-state index in [9.17, 15) is 0 Å². The Morgan fingerprint density at radius 3 is 2.89 bits per heavy atom. The van der Waals surface area contributed by atoms with Gasteiger partial charge in [-0.15, -0.1) is 5.10 Å². The van der Waals surface area contributed by atoms with Gasteiger partial charge in [0.25, 0.3) is 0 Å². The smallest absolute Gasteiger partial charge is 0.0885 e. The number of aryl methyl sites for hydroxylation is 1. The van der Waals surface area contributed by atoms with Gasteiger partial charge in [0.05, 0.1) is 11.9 Å². The zero-order valence-electron chi connectivity index (χ0n) is 11.4. The topological polar surface area (TPSA) is 42.7 Å². The summed E-state index contributed by atoms with van der Waals surface area (Å²) in [6.07, 6.45) is 2.84. The van der Waals surface area contributed by atoms with Gasteiger partial charge in [-0.2, -0.15) is 0 Å². The molecule has 4 nitrogen and oxygen atoms in total. The van der Waals surface area contributed by atoms with Crippen molar-refractivity contribution in [2.24, 2.45) is 0 Å². The molecule has 0 unspecified atom stereocenters. The van der Waals surface area contributed by atoms with E-state index in [0.29, 0.717) is 0 Å². The summed E-state index contributed by atoms with van der Waals surface area (Å²) in [6, 6.07) is 6.06. The van der Waals surface area contributed by atoms with E-state index in [1.807, 2.05) is 16.8 Å². The lowest BCUT2D eigenvalue weighted by Gasteiger charge is -2.09. The molecular formula is C14H19ClN4. The van der Waals surface area contributed by atoms with Crippen molar-refractivity contribution in [2.45, 2.75) is 33.4 Å². The van der Waals surface area contributed by atoms with Crippen molar-refractivity contribution in [1.82, 2.24) is 20.3 Å². The molecule has 0 saturated carbocycles. The molecule has 0 fully saturated rings. The minimum Gasteiger partial charge on any atom is -0.313 e. The predicted molar refractivity (Wildman–Crippen MR) is 78.1 cm³/mol. The van der Waals surface area contributed by atoms with E-state index >= 15 is 0 Å². The Hall–Kier alpha value is -1.39. The molecule has 0 aliphatic heterocycles. The molecule has 0 bridgehead atoms. The van der Waals surface area contributed by atoms with Gasteiger partial charge in [0, 0.05) is 23.7 Å². The first kappa shape index (κ1) is 14.0. The minimum atomic E-state index is 0.776. The summed E-state index contributed by atoms with van der Waals surface area (Å²) in [5, 5.41) is 12.2. The first-order valence-electron chi connectivity index (χ1n) is 6.64. The van der Waals surface area contributed by atoms with E-state index in [2.05, 4.69) is 35.5 Å². The van der Waals surface area contributed by atoms with Crippen LogP contribution in [0.2, 0.25) is 5.02 Å². The van der Waals surface area contributed by atoms with Gasteiger partial charge >= 0.3 is 0 Å². The Labute approximate surface area is 118 Å². The molecule has 5 heteroatoms. The monoisotopic (exact) mass is 278 g/mol. The van der Waals surface area contributed by atoms with Crippen LogP contribution in [0.3, 0.4) is 0 Å². The quantitative estimate of drug-likeness (QED) is 0.883. The van der Waals surface area contributed by atoms with E-state index in [1.165, 1.54) is 0 Å². The van der Waals surface area contributed by atoms with Crippen LogP contribution < -0.4 is 5.32 Å². The maximum Gasteiger partial charge on any atom is 0.0885 e. The summed E-state index contributed by atoms with van der Waals surface area (Å²) in [5.41, 5.74) is 3.25. The highest BCUT2D eigenvalue weighted by Gasteiger charge is 2.08. The molecule has 1 N–H and O–H groups in total. The fourth-order valence-electron chi connectivity index (χ4n) is 1.99. The molecule has 0 spiro atoms. The largest absolute Gasteiger partial charge is 0.313 e. The number of nitrogens with one attached hydrogen (secondary N) is 1. The van der Waals surface area contributed by atoms with Crippen LogP contribution in [0.1, 0.15) is 25.8 Å². The van der Waals surface area contributed by atoms with Crippen molar-refractivity contribution < 1.29 is 0 Å². The van der Waals surface area contributed by atoms with Crippen LogP contribution in [0, 0.1) is 0 Å². The second-order valence-corrected chi connectivity index (χ2v) is 4.84. The maximum atomic E-state index is 6.22. The van der Waals surface area contributed by atoms with Crippen LogP contribution in [0.25, 0.3) is 11.3 Å². The second kappa shape index (κ2) is 6.68. The van der Waals surface area contributed by atoms with Crippen LogP contribution in [0.15, 0.2) is 24.4 Å². The number of nitrogens with zero attached hydrogens (tertiary/aromatic N) is 3. The Bertz CT molecular complexity index is 536. The van der Waals surface area contributed by atoms with Gasteiger partial charge in [0.1, 0.15) is 0 Å². The molecule has 0 aliphatic rings. The normalized spacial score (nSPS) is 10.9. The Kier molecular flexibility index (Phi) is 4.93. The number of hydrogen-bond donors (Lipinski definition) is 1. The summed E-state index contributed by atoms with van der Waals surface area (Å²) >= 11 is 6.22. The van der Waals surface area contributed by atoms with Crippen LogP contribution in [-0.2, 0) is 13.1 Å². The lowest BCUT2D eigenvalue weighted by Crippen LogP contribution is -2.12. The molecule has 0 radical (unpaired) electrons. The van der Waals surface area contributed by atoms with Gasteiger partial charge in [-0.1, -0.05) is 36.7 Å². The molecule has 1 heterocycles. The number of rotatable bonds is 6. The van der Waals surface area contributed by atoms with Crippen molar-refractivity contribution in [3.63, 3.8) is 0 Å². The van der Waals surface area contributed by atoms with Crippen molar-refractivity contribution in [2.75, 3.05) is 6.54 Å². The summed E-state index contributed by atoms with van der Waals surface area (Å²) in [7, 11) is 0. The molecular weight excluding hydrogens is 260 g/mol. The molecule has 19 heavy (non-hydrogen) atoms. The fourth-order valence-corrected chi connectivity index (χ4v) is 2.17. The molecule has 2 rings (SSSR count). The summed E-state index contributed by atoms with van der Waals surface area (Å²) in [5.74, 6) is 0. The third-order valence-electron chi connectivity index (χ3n) is 2.96. The van der Waals surface area contributed by atoms with E-state index in [-0.39, 0.29) is 0 Å². The van der Waals surface area contributed by atoms with Gasteiger partial charge in [0.15, 0.2) is 0 Å². The molecule has 0 saturated heterocycles. The molecule has 0 amide bonds. The highest BCUT2D eigenvalue weighted by Crippen LogP contribution is 2.24. The van der Waals surface area contributed by atoms with E-state index in [1.54, 1.807) is 6.20 Å². The average molecular weight is 279 g/mol. The van der Waals surface area contributed by atoms with E-state index < -0.39 is 0 Å². The van der Waals surface area contributed by atoms with Crippen LogP contribution >= 0.6 is 11.6 Å². The molecule has 1 aromatic carbocycles. The van der Waals surface area contributed by atoms with E-state index in [0.717, 1.165) is 47.9 Å². The Morgan fingerprint density at radius 2 is 2.16 bits per heavy atom. The fraction of sp³-hybridized carbons (Fsp3) is 0.429. The number of hydrogen-bond acceptors (Lipinski definition) is 3. The van der Waals surface area contributed by atoms with Gasteiger partial charge in [0.2, 0.25) is 0 Å². The van der Waals surface area contributed by atoms with E-state index in [4.69, 9.17) is 11.6 Å². The van der Waals surface area contributed by atoms with Gasteiger partial charge in [-0.3, -0.25) is 0 Å². The standard InChI is InChI=1S/C14H19ClN4/c1-3-7-19-14(10-17-18-19)11-5-6-13(15)12(8-11)9-16-4-2/h5-6,8,10,16H,3-4,7,9H2,1-2H3. The van der Waals surface area contributed by atoms with Crippen molar-refractivity contribution in [3.8, 4) is 11.3 Å². The second-order valence-electron chi connectivity index (χ2n) is 4.43. The van der Waals surface area contributed by atoms with Crippen LogP contribution in [0.4, 0.5) is 0 Å². The summed E-state index contributed by atoms with van der Waals surface area (Å²) in [4.78, 5) is 0. The van der Waals surface area contributed by atoms with Gasteiger partial charge in [-0.05, 0) is 30.7 Å². The number of benzene rings is 1. The van der Waals surface area contributed by atoms with Crippen LogP contribution in [-0.4, -0.2) is 21.5 Å². The molecule has 0 atom stereocenters. The van der Waals surface area contributed by atoms with Crippen molar-refractivity contribution in [1.29, 1.82) is 0 Å². The molecule has 1 aromatic heterocycles. The third kappa shape index (κ3) is 3.33. The Morgan fingerprint density at radius 1 is 1.32 bits per heavy atom. The Balaban J connectivity index is 2.31. The third-order valence-corrected chi connectivity index (χ3v) is 3.33. The first-order chi connectivity index (χ1) is 9.26. The molecule has 102 valence electrons. The number of aromatic nitrogens is 3. The summed E-state index contributed by atoms with van der Waals surface area (Å²) < 4.78 is 1.93. The molecule has 2 aromatic rings. The SMILES string of the molecule is CCCn1nncc1-c1ccc(Cl)c(CNCC)c1. The van der Waals surface area contributed by atoms with Gasteiger partial charge in [-0.25, -0.2) is 4.68 Å². The van der Waals surface area contributed by atoms with Gasteiger partial charge < -0.3 is 5.32 Å². The number of halogens is 1. The summed E-state index contributed by atoms with van der Waals surface area (Å²) in [6.45, 7) is 6.79. The minimum absolute atomic E-state index is 0.776. The average Bonchev–Trinajstić information content (AvgIpc) is 2.87. The molecule has 0 aliphatic carbocycles. The maximum absolute atomic E-state index is 6.22. The highest BCUT2D eigenvalue weighted by atomic mass is 35.5. The zero-order chi connectivity index (χ0) is 13.7. The zero-order valence-corrected chi connectivity index (χ0v) is 12.1. The van der Waals surface area contributed by atoms with Crippen molar-refractivity contribution >= 4 is 11.6 Å².